The minimum absolute atomic E-state index is 0.0186. The SMILES string of the molecule is CC(C)C1CC(Nc2ccc(Cl)cc2[N+](=O)[O-])CCO1. The lowest BCUT2D eigenvalue weighted by Crippen LogP contribution is -2.36. The van der Waals surface area contributed by atoms with Crippen LogP contribution in [-0.4, -0.2) is 23.7 Å². The quantitative estimate of drug-likeness (QED) is 0.677. The molecule has 2 atom stereocenters. The van der Waals surface area contributed by atoms with Crippen molar-refractivity contribution in [2.75, 3.05) is 11.9 Å². The number of halogens is 1. The normalized spacial score (nSPS) is 22.8. The van der Waals surface area contributed by atoms with Crippen molar-refractivity contribution in [3.8, 4) is 0 Å². The molecule has 0 spiro atoms. The molecule has 1 heterocycles. The Morgan fingerprint density at radius 3 is 2.90 bits per heavy atom. The van der Waals surface area contributed by atoms with Crippen molar-refractivity contribution < 1.29 is 9.66 Å². The molecule has 1 aliphatic rings. The minimum Gasteiger partial charge on any atom is -0.378 e. The molecule has 1 N–H and O–H groups in total. The van der Waals surface area contributed by atoms with Gasteiger partial charge in [-0.3, -0.25) is 10.1 Å². The number of ether oxygens (including phenoxy) is 1. The van der Waals surface area contributed by atoms with Crippen LogP contribution in [0.15, 0.2) is 18.2 Å². The van der Waals surface area contributed by atoms with Crippen LogP contribution in [0.2, 0.25) is 5.02 Å². The van der Waals surface area contributed by atoms with E-state index in [1.54, 1.807) is 12.1 Å². The third-order valence-corrected chi connectivity index (χ3v) is 3.81. The highest BCUT2D eigenvalue weighted by molar-refractivity contribution is 6.30. The zero-order chi connectivity index (χ0) is 14.7. The third kappa shape index (κ3) is 3.61. The number of nitro groups is 1. The number of anilines is 1. The van der Waals surface area contributed by atoms with Gasteiger partial charge in [-0.25, -0.2) is 0 Å². The Labute approximate surface area is 123 Å². The standard InChI is InChI=1S/C14H19ClN2O3/c1-9(2)14-8-11(5-6-20-14)16-12-4-3-10(15)7-13(12)17(18)19/h3-4,7,9,11,14,16H,5-6,8H2,1-2H3. The third-order valence-electron chi connectivity index (χ3n) is 3.57. The smallest absolute Gasteiger partial charge is 0.293 e. The van der Waals surface area contributed by atoms with E-state index in [2.05, 4.69) is 19.2 Å². The number of hydrogen-bond acceptors (Lipinski definition) is 4. The Kier molecular flexibility index (Phi) is 4.83. The van der Waals surface area contributed by atoms with Gasteiger partial charge in [-0.15, -0.1) is 0 Å². The van der Waals surface area contributed by atoms with Crippen LogP contribution in [0.5, 0.6) is 0 Å². The fourth-order valence-corrected chi connectivity index (χ4v) is 2.59. The van der Waals surface area contributed by atoms with Crippen LogP contribution < -0.4 is 5.32 Å². The van der Waals surface area contributed by atoms with Crippen molar-refractivity contribution in [2.45, 2.75) is 38.8 Å². The maximum absolute atomic E-state index is 11.1. The molecule has 1 saturated heterocycles. The van der Waals surface area contributed by atoms with Crippen LogP contribution in [0.25, 0.3) is 0 Å². The van der Waals surface area contributed by atoms with E-state index < -0.39 is 4.92 Å². The summed E-state index contributed by atoms with van der Waals surface area (Å²) in [5, 5.41) is 14.7. The van der Waals surface area contributed by atoms with Crippen molar-refractivity contribution in [3.05, 3.63) is 33.3 Å². The van der Waals surface area contributed by atoms with Crippen LogP contribution in [-0.2, 0) is 4.74 Å². The Hall–Kier alpha value is -1.33. The number of nitrogens with zero attached hydrogens (tertiary/aromatic N) is 1. The fraction of sp³-hybridized carbons (Fsp3) is 0.571. The van der Waals surface area contributed by atoms with Crippen molar-refractivity contribution in [1.29, 1.82) is 0 Å². The fourth-order valence-electron chi connectivity index (χ4n) is 2.42. The first kappa shape index (κ1) is 15.1. The zero-order valence-electron chi connectivity index (χ0n) is 11.6. The summed E-state index contributed by atoms with van der Waals surface area (Å²) in [6, 6.07) is 4.90. The number of nitro benzene ring substituents is 1. The van der Waals surface area contributed by atoms with Crippen molar-refractivity contribution in [1.82, 2.24) is 0 Å². The average molecular weight is 299 g/mol. The van der Waals surface area contributed by atoms with Gasteiger partial charge in [-0.2, -0.15) is 0 Å². The second-order valence-electron chi connectivity index (χ2n) is 5.44. The van der Waals surface area contributed by atoms with Gasteiger partial charge < -0.3 is 10.1 Å². The number of nitrogens with one attached hydrogen (secondary N) is 1. The molecule has 0 bridgehead atoms. The van der Waals surface area contributed by atoms with E-state index in [4.69, 9.17) is 16.3 Å². The van der Waals surface area contributed by atoms with Gasteiger partial charge in [0.05, 0.1) is 11.0 Å². The van der Waals surface area contributed by atoms with Gasteiger partial charge in [0.25, 0.3) is 5.69 Å². The Bertz CT molecular complexity index is 493. The topological polar surface area (TPSA) is 64.4 Å². The summed E-state index contributed by atoms with van der Waals surface area (Å²) in [6.07, 6.45) is 1.91. The lowest BCUT2D eigenvalue weighted by Gasteiger charge is -2.32. The highest BCUT2D eigenvalue weighted by Crippen LogP contribution is 2.30. The molecular formula is C14H19ClN2O3. The largest absolute Gasteiger partial charge is 0.378 e. The Morgan fingerprint density at radius 2 is 2.25 bits per heavy atom. The Balaban J connectivity index is 2.11. The average Bonchev–Trinajstić information content (AvgIpc) is 2.41. The van der Waals surface area contributed by atoms with E-state index in [-0.39, 0.29) is 17.8 Å². The summed E-state index contributed by atoms with van der Waals surface area (Å²) >= 11 is 5.82. The molecule has 6 heteroatoms. The highest BCUT2D eigenvalue weighted by Gasteiger charge is 2.26. The van der Waals surface area contributed by atoms with Gasteiger partial charge >= 0.3 is 0 Å². The number of rotatable bonds is 4. The van der Waals surface area contributed by atoms with Crippen LogP contribution in [0.3, 0.4) is 0 Å². The van der Waals surface area contributed by atoms with Crippen LogP contribution in [0.4, 0.5) is 11.4 Å². The van der Waals surface area contributed by atoms with Crippen molar-refractivity contribution >= 4 is 23.0 Å². The molecule has 20 heavy (non-hydrogen) atoms. The zero-order valence-corrected chi connectivity index (χ0v) is 12.4. The van der Waals surface area contributed by atoms with Crippen LogP contribution >= 0.6 is 11.6 Å². The maximum Gasteiger partial charge on any atom is 0.293 e. The number of hydrogen-bond donors (Lipinski definition) is 1. The molecule has 2 rings (SSSR count). The molecule has 0 saturated carbocycles. The predicted octanol–water partition coefficient (Wildman–Crippen LogP) is 3.86. The number of benzene rings is 1. The molecule has 0 aromatic heterocycles. The van der Waals surface area contributed by atoms with Gasteiger partial charge in [0, 0.05) is 23.7 Å². The predicted molar refractivity (Wildman–Crippen MR) is 79.3 cm³/mol. The lowest BCUT2D eigenvalue weighted by molar-refractivity contribution is -0.384. The van der Waals surface area contributed by atoms with Gasteiger partial charge in [0.2, 0.25) is 0 Å². The molecule has 1 aromatic carbocycles. The monoisotopic (exact) mass is 298 g/mol. The van der Waals surface area contributed by atoms with Crippen LogP contribution in [0, 0.1) is 16.0 Å². The summed E-state index contributed by atoms with van der Waals surface area (Å²) in [5.41, 5.74) is 0.541. The molecule has 1 fully saturated rings. The molecule has 0 amide bonds. The van der Waals surface area contributed by atoms with Crippen molar-refractivity contribution in [2.24, 2.45) is 5.92 Å². The maximum atomic E-state index is 11.1. The van der Waals surface area contributed by atoms with Gasteiger partial charge in [-0.05, 0) is 30.9 Å². The van der Waals surface area contributed by atoms with E-state index in [9.17, 15) is 10.1 Å². The van der Waals surface area contributed by atoms with E-state index >= 15 is 0 Å². The van der Waals surface area contributed by atoms with Crippen LogP contribution in [0.1, 0.15) is 26.7 Å². The first-order chi connectivity index (χ1) is 9.47. The summed E-state index contributed by atoms with van der Waals surface area (Å²) in [6.45, 7) is 4.93. The highest BCUT2D eigenvalue weighted by atomic mass is 35.5. The van der Waals surface area contributed by atoms with E-state index in [1.165, 1.54) is 6.07 Å². The molecule has 1 aliphatic heterocycles. The first-order valence-electron chi connectivity index (χ1n) is 6.79. The van der Waals surface area contributed by atoms with Gasteiger partial charge in [0.1, 0.15) is 5.69 Å². The molecule has 0 radical (unpaired) electrons. The van der Waals surface area contributed by atoms with Gasteiger partial charge in [-0.1, -0.05) is 25.4 Å². The molecule has 2 unspecified atom stereocenters. The lowest BCUT2D eigenvalue weighted by atomic mass is 9.95. The van der Waals surface area contributed by atoms with E-state index in [1.807, 2.05) is 0 Å². The first-order valence-corrected chi connectivity index (χ1v) is 7.17. The summed E-state index contributed by atoms with van der Waals surface area (Å²) in [4.78, 5) is 10.7. The molecule has 5 nitrogen and oxygen atoms in total. The molecular weight excluding hydrogens is 280 g/mol. The second kappa shape index (κ2) is 6.41. The van der Waals surface area contributed by atoms with Crippen molar-refractivity contribution in [3.63, 3.8) is 0 Å². The van der Waals surface area contributed by atoms with Gasteiger partial charge in [0.15, 0.2) is 0 Å². The summed E-state index contributed by atoms with van der Waals surface area (Å²) in [5.74, 6) is 0.444. The van der Waals surface area contributed by atoms with E-state index in [0.29, 0.717) is 23.2 Å². The summed E-state index contributed by atoms with van der Waals surface area (Å²) in [7, 11) is 0. The molecule has 110 valence electrons. The van der Waals surface area contributed by atoms with E-state index in [0.717, 1.165) is 12.8 Å². The molecule has 1 aromatic rings. The second-order valence-corrected chi connectivity index (χ2v) is 5.87. The molecule has 0 aliphatic carbocycles. The minimum atomic E-state index is -0.409. The summed E-state index contributed by atoms with van der Waals surface area (Å²) < 4.78 is 5.71. The Morgan fingerprint density at radius 1 is 1.50 bits per heavy atom.